The summed E-state index contributed by atoms with van der Waals surface area (Å²) in [6.07, 6.45) is 10.0. The molecule has 1 rings (SSSR count). The van der Waals surface area contributed by atoms with E-state index >= 15 is 0 Å². The van der Waals surface area contributed by atoms with E-state index in [-0.39, 0.29) is 35.8 Å². The summed E-state index contributed by atoms with van der Waals surface area (Å²) in [7, 11) is 0. The van der Waals surface area contributed by atoms with Crippen molar-refractivity contribution >= 4 is 0 Å². The van der Waals surface area contributed by atoms with Crippen LogP contribution in [0.2, 0.25) is 0 Å². The molecule has 0 aromatic carbocycles. The molecule has 1 N–H and O–H groups in total. The second-order valence-corrected chi connectivity index (χ2v) is 1.32. The first-order valence-electron chi connectivity index (χ1n) is 2.74. The van der Waals surface area contributed by atoms with E-state index in [2.05, 4.69) is 12.2 Å². The van der Waals surface area contributed by atoms with Crippen molar-refractivity contribution < 1.29 is 26.8 Å². The van der Waals surface area contributed by atoms with Gasteiger partial charge in [-0.25, -0.2) is 12.2 Å². The van der Waals surface area contributed by atoms with Crippen LogP contribution in [0.3, 0.4) is 0 Å². The Kier molecular flexibility index (Phi) is 26.7. The minimum Gasteiger partial charge on any atom is -0.397 e. The number of allylic oxidation sites excluding steroid dienone is 4. The molecule has 1 aliphatic carbocycles. The quantitative estimate of drug-likeness (QED) is 0.438. The Morgan fingerprint density at radius 1 is 1.60 bits per heavy atom. The summed E-state index contributed by atoms with van der Waals surface area (Å²) in [5.74, 6) is 0. The zero-order valence-corrected chi connectivity index (χ0v) is 8.16. The maximum Gasteiger partial charge on any atom is 2.00 e. The molecule has 56 valence electrons. The van der Waals surface area contributed by atoms with Crippen LogP contribution in [0, 0.1) is 13.5 Å². The van der Waals surface area contributed by atoms with Gasteiger partial charge in [-0.1, -0.05) is 0 Å². The van der Waals surface area contributed by atoms with Gasteiger partial charge in [0.2, 0.25) is 0 Å². The fraction of sp³-hybridized carbons (Fsp3) is 0.375. The predicted molar refractivity (Wildman–Crippen MR) is 40.7 cm³/mol. The summed E-state index contributed by atoms with van der Waals surface area (Å²) in [6.45, 7) is 1.93. The summed E-state index contributed by atoms with van der Waals surface area (Å²) in [6, 6.07) is 0. The number of rotatable bonds is 0. The first-order chi connectivity index (χ1) is 3.91. The van der Waals surface area contributed by atoms with Crippen LogP contribution in [0.25, 0.3) is 0 Å². The molecule has 0 saturated carbocycles. The van der Waals surface area contributed by atoms with Crippen molar-refractivity contribution in [1.82, 2.24) is 0 Å². The summed E-state index contributed by atoms with van der Waals surface area (Å²) in [5.41, 5.74) is 0. The monoisotopic (exact) mass is 174 g/mol. The molecule has 2 heteroatoms. The van der Waals surface area contributed by atoms with Gasteiger partial charge in [0.25, 0.3) is 0 Å². The number of hydrogen-bond acceptors (Lipinski definition) is 1. The van der Waals surface area contributed by atoms with Crippen LogP contribution in [0.1, 0.15) is 13.3 Å². The molecule has 0 aromatic rings. The van der Waals surface area contributed by atoms with Crippen LogP contribution < -0.4 is 0 Å². The van der Waals surface area contributed by atoms with E-state index in [1.807, 2.05) is 12.2 Å². The maximum atomic E-state index is 7.57. The maximum absolute atomic E-state index is 7.57. The van der Waals surface area contributed by atoms with Gasteiger partial charge in [0.05, 0.1) is 0 Å². The Bertz CT molecular complexity index is 77.3. The first-order valence-corrected chi connectivity index (χ1v) is 2.74. The van der Waals surface area contributed by atoms with Crippen LogP contribution in [0.5, 0.6) is 0 Å². The number of aliphatic hydroxyl groups is 1. The van der Waals surface area contributed by atoms with Crippen LogP contribution >= 0.6 is 0 Å². The molecule has 1 aliphatic rings. The van der Waals surface area contributed by atoms with Crippen LogP contribution in [0.15, 0.2) is 18.2 Å². The van der Waals surface area contributed by atoms with Gasteiger partial charge in [-0.05, 0) is 6.92 Å². The van der Waals surface area contributed by atoms with Crippen LogP contribution in [0.4, 0.5) is 0 Å². The van der Waals surface area contributed by atoms with E-state index in [9.17, 15) is 0 Å². The number of aliphatic hydroxyl groups excluding tert-OH is 1. The average molecular weight is 174 g/mol. The minimum atomic E-state index is 0. The molecule has 10 heavy (non-hydrogen) atoms. The van der Waals surface area contributed by atoms with Gasteiger partial charge in [-0.3, -0.25) is 6.08 Å². The Labute approximate surface area is 78.7 Å². The van der Waals surface area contributed by atoms with Gasteiger partial charge in [-0.15, -0.1) is 6.42 Å². The van der Waals surface area contributed by atoms with Crippen LogP contribution in [-0.2, 0) is 21.7 Å². The van der Waals surface area contributed by atoms with Gasteiger partial charge in [0.1, 0.15) is 0 Å². The fourth-order valence-electron chi connectivity index (χ4n) is 0.340. The zero-order chi connectivity index (χ0) is 6.24. The summed E-state index contributed by atoms with van der Waals surface area (Å²) >= 11 is 0. The molecule has 0 radical (unpaired) electrons. The molecule has 0 bridgehead atoms. The van der Waals surface area contributed by atoms with Crippen molar-refractivity contribution in [2.45, 2.75) is 13.3 Å². The van der Waals surface area contributed by atoms with Gasteiger partial charge in [0.15, 0.2) is 0 Å². The van der Waals surface area contributed by atoms with E-state index in [4.69, 9.17) is 5.11 Å². The van der Waals surface area contributed by atoms with E-state index < -0.39 is 0 Å². The van der Waals surface area contributed by atoms with Crippen molar-refractivity contribution in [3.63, 3.8) is 0 Å². The summed E-state index contributed by atoms with van der Waals surface area (Å²) in [4.78, 5) is 0. The SMILES string of the molecule is CCO.[C-]1=CC=CC1.[CH3-].[Ti+2]. The molecule has 0 aliphatic heterocycles. The van der Waals surface area contributed by atoms with E-state index in [1.54, 1.807) is 6.92 Å². The van der Waals surface area contributed by atoms with Gasteiger partial charge in [-0.2, -0.15) is 6.08 Å². The van der Waals surface area contributed by atoms with Crippen molar-refractivity contribution in [1.29, 1.82) is 0 Å². The molecule has 0 heterocycles. The van der Waals surface area contributed by atoms with Gasteiger partial charge < -0.3 is 12.5 Å². The van der Waals surface area contributed by atoms with E-state index in [0.717, 1.165) is 6.42 Å². The Hall–Kier alpha value is 0.154. The standard InChI is InChI=1S/C5H5.C2H6O.CH3.Ti/c1-2-4-5-3-1;1-2-3;;/h1-3H,4H2;3H,2H2,1H3;1H3;/q-1;;-1;+2. The second-order valence-electron chi connectivity index (χ2n) is 1.32. The third-order valence-electron chi connectivity index (χ3n) is 0.586. The molecule has 0 unspecified atom stereocenters. The molecule has 0 spiro atoms. The largest absolute Gasteiger partial charge is 2.00 e. The van der Waals surface area contributed by atoms with Crippen molar-refractivity contribution in [3.05, 3.63) is 31.7 Å². The molecule has 0 fully saturated rings. The second kappa shape index (κ2) is 16.1. The molecular formula is C8H14OTi. The smallest absolute Gasteiger partial charge is 0.397 e. The average Bonchev–Trinajstić information content (AvgIpc) is 2.17. The van der Waals surface area contributed by atoms with E-state index in [0.29, 0.717) is 0 Å². The number of hydrogen-bond donors (Lipinski definition) is 1. The minimum absolute atomic E-state index is 0. The first kappa shape index (κ1) is 16.6. The topological polar surface area (TPSA) is 20.2 Å². The third-order valence-corrected chi connectivity index (χ3v) is 0.586. The molecule has 0 amide bonds. The molecule has 0 aromatic heterocycles. The fourth-order valence-corrected chi connectivity index (χ4v) is 0.340. The zero-order valence-electron chi connectivity index (χ0n) is 6.59. The van der Waals surface area contributed by atoms with Crippen molar-refractivity contribution in [3.8, 4) is 0 Å². The molecule has 1 nitrogen and oxygen atoms in total. The van der Waals surface area contributed by atoms with E-state index in [1.165, 1.54) is 0 Å². The van der Waals surface area contributed by atoms with Crippen molar-refractivity contribution in [2.24, 2.45) is 0 Å². The Morgan fingerprint density at radius 2 is 2.10 bits per heavy atom. The van der Waals surface area contributed by atoms with Crippen molar-refractivity contribution in [2.75, 3.05) is 6.61 Å². The third kappa shape index (κ3) is 15.7. The molecule has 0 atom stereocenters. The Morgan fingerprint density at radius 3 is 2.20 bits per heavy atom. The van der Waals surface area contributed by atoms with Crippen LogP contribution in [-0.4, -0.2) is 11.7 Å². The molecular weight excluding hydrogens is 160 g/mol. The normalized spacial score (nSPS) is 10.6. The molecule has 0 saturated heterocycles. The summed E-state index contributed by atoms with van der Waals surface area (Å²) in [5, 5.41) is 7.57. The van der Waals surface area contributed by atoms with Gasteiger partial charge in [0, 0.05) is 6.61 Å². The summed E-state index contributed by atoms with van der Waals surface area (Å²) < 4.78 is 0. The van der Waals surface area contributed by atoms with Gasteiger partial charge >= 0.3 is 21.7 Å². The Balaban J connectivity index is -0.0000000900. The predicted octanol–water partition coefficient (Wildman–Crippen LogP) is 1.75.